The first-order chi connectivity index (χ1) is 15.0. The maximum Gasteiger partial charge on any atom is 0.227 e. The largest absolute Gasteiger partial charge is 0.326 e. The van der Waals surface area contributed by atoms with Crippen molar-refractivity contribution in [1.29, 1.82) is 0 Å². The molecule has 0 saturated carbocycles. The molecule has 0 spiro atoms. The third-order valence-electron chi connectivity index (χ3n) is 6.14. The lowest BCUT2D eigenvalue weighted by atomic mass is 9.95. The number of hydrogen-bond acceptors (Lipinski definition) is 3. The molecule has 1 aliphatic heterocycles. The molecule has 5 nitrogen and oxygen atoms in total. The summed E-state index contributed by atoms with van der Waals surface area (Å²) in [7, 11) is 0. The number of hydrogen-bond donors (Lipinski definition) is 1. The van der Waals surface area contributed by atoms with E-state index >= 15 is 0 Å². The highest BCUT2D eigenvalue weighted by Crippen LogP contribution is 2.25. The fourth-order valence-electron chi connectivity index (χ4n) is 4.24. The van der Waals surface area contributed by atoms with Crippen LogP contribution in [0.25, 0.3) is 11.1 Å². The van der Waals surface area contributed by atoms with Crippen LogP contribution in [0.4, 0.5) is 10.1 Å². The Morgan fingerprint density at radius 3 is 2.52 bits per heavy atom. The normalized spacial score (nSPS) is 15.2. The number of piperidine rings is 1. The van der Waals surface area contributed by atoms with Gasteiger partial charge in [0.25, 0.3) is 0 Å². The van der Waals surface area contributed by atoms with Crippen molar-refractivity contribution in [3.63, 3.8) is 0 Å². The Hall–Kier alpha value is -2.99. The second kappa shape index (κ2) is 9.43. The van der Waals surface area contributed by atoms with E-state index in [0.717, 1.165) is 55.8 Å². The highest BCUT2D eigenvalue weighted by atomic mass is 19.1. The molecule has 1 N–H and O–H groups in total. The number of aromatic nitrogens is 2. The summed E-state index contributed by atoms with van der Waals surface area (Å²) in [6.07, 6.45) is 3.65. The topological polar surface area (TPSA) is 50.2 Å². The van der Waals surface area contributed by atoms with Gasteiger partial charge in [-0.3, -0.25) is 14.4 Å². The van der Waals surface area contributed by atoms with Crippen molar-refractivity contribution in [2.45, 2.75) is 39.8 Å². The lowest BCUT2D eigenvalue weighted by molar-refractivity contribution is -0.121. The van der Waals surface area contributed by atoms with E-state index in [2.05, 4.69) is 29.2 Å². The van der Waals surface area contributed by atoms with Gasteiger partial charge in [0.2, 0.25) is 5.91 Å². The fourth-order valence-corrected chi connectivity index (χ4v) is 4.24. The average molecular weight is 421 g/mol. The van der Waals surface area contributed by atoms with Gasteiger partial charge in [0.05, 0.1) is 6.20 Å². The van der Waals surface area contributed by atoms with Crippen LogP contribution in [0.3, 0.4) is 0 Å². The molecule has 0 bridgehead atoms. The van der Waals surface area contributed by atoms with E-state index < -0.39 is 0 Å². The van der Waals surface area contributed by atoms with Crippen LogP contribution in [0.5, 0.6) is 0 Å². The molecular weight excluding hydrogens is 391 g/mol. The number of nitrogens with zero attached hydrogens (tertiary/aromatic N) is 3. The van der Waals surface area contributed by atoms with Crippen LogP contribution in [0.1, 0.15) is 31.0 Å². The van der Waals surface area contributed by atoms with Gasteiger partial charge in [-0.1, -0.05) is 24.3 Å². The molecule has 31 heavy (non-hydrogen) atoms. The molecule has 1 fully saturated rings. The smallest absolute Gasteiger partial charge is 0.227 e. The molecule has 1 saturated heterocycles. The maximum atomic E-state index is 13.5. The summed E-state index contributed by atoms with van der Waals surface area (Å²) >= 11 is 0. The summed E-state index contributed by atoms with van der Waals surface area (Å²) in [5, 5.41) is 7.49. The van der Waals surface area contributed by atoms with E-state index in [4.69, 9.17) is 0 Å². The van der Waals surface area contributed by atoms with Crippen molar-refractivity contribution in [1.82, 2.24) is 14.7 Å². The first-order valence-electron chi connectivity index (χ1n) is 10.9. The van der Waals surface area contributed by atoms with Crippen molar-refractivity contribution in [3.8, 4) is 11.1 Å². The lowest BCUT2D eigenvalue weighted by Crippen LogP contribution is -2.37. The Labute approximate surface area is 182 Å². The zero-order valence-corrected chi connectivity index (χ0v) is 18.1. The summed E-state index contributed by atoms with van der Waals surface area (Å²) in [5.41, 5.74) is 4.91. The van der Waals surface area contributed by atoms with Gasteiger partial charge in [0.1, 0.15) is 5.82 Å². The average Bonchev–Trinajstić information content (AvgIpc) is 3.13. The summed E-state index contributed by atoms with van der Waals surface area (Å²) in [6, 6.07) is 14.1. The zero-order valence-electron chi connectivity index (χ0n) is 18.1. The van der Waals surface area contributed by atoms with Gasteiger partial charge in [0.15, 0.2) is 0 Å². The van der Waals surface area contributed by atoms with Crippen molar-refractivity contribution in [2.75, 3.05) is 18.4 Å². The van der Waals surface area contributed by atoms with Crippen LogP contribution >= 0.6 is 0 Å². The van der Waals surface area contributed by atoms with Gasteiger partial charge in [-0.15, -0.1) is 0 Å². The van der Waals surface area contributed by atoms with Crippen LogP contribution in [0, 0.1) is 18.7 Å². The number of anilines is 1. The molecule has 1 amide bonds. The van der Waals surface area contributed by atoms with Gasteiger partial charge >= 0.3 is 0 Å². The molecule has 0 aliphatic carbocycles. The number of nitrogens with one attached hydrogen (secondary N) is 1. The number of amides is 1. The van der Waals surface area contributed by atoms with Gasteiger partial charge in [-0.05, 0) is 75.2 Å². The Bertz CT molecular complexity index is 1050. The molecular formula is C25H29FN4O. The van der Waals surface area contributed by atoms with E-state index in [9.17, 15) is 9.18 Å². The van der Waals surface area contributed by atoms with Crippen LogP contribution < -0.4 is 5.32 Å². The highest BCUT2D eigenvalue weighted by Gasteiger charge is 2.25. The molecule has 2 heterocycles. The van der Waals surface area contributed by atoms with Crippen LogP contribution in [0.15, 0.2) is 54.7 Å². The molecule has 0 radical (unpaired) electrons. The third kappa shape index (κ3) is 5.02. The number of carbonyl (C=O) groups is 1. The second-order valence-electron chi connectivity index (χ2n) is 8.20. The third-order valence-corrected chi connectivity index (χ3v) is 6.14. The van der Waals surface area contributed by atoms with Crippen molar-refractivity contribution >= 4 is 11.6 Å². The Balaban J connectivity index is 1.33. The van der Waals surface area contributed by atoms with E-state index in [1.807, 2.05) is 41.2 Å². The monoisotopic (exact) mass is 420 g/mol. The molecule has 1 aromatic heterocycles. The number of rotatable bonds is 6. The maximum absolute atomic E-state index is 13.5. The number of benzene rings is 2. The fraction of sp³-hybridized carbons (Fsp3) is 0.360. The molecule has 6 heteroatoms. The molecule has 0 unspecified atom stereocenters. The van der Waals surface area contributed by atoms with E-state index in [1.165, 1.54) is 23.4 Å². The van der Waals surface area contributed by atoms with Crippen LogP contribution in [-0.2, 0) is 17.9 Å². The minimum absolute atomic E-state index is 0.00791. The molecule has 4 rings (SSSR count). The predicted octanol–water partition coefficient (Wildman–Crippen LogP) is 4.87. The summed E-state index contributed by atoms with van der Waals surface area (Å²) < 4.78 is 15.6. The van der Waals surface area contributed by atoms with Crippen LogP contribution in [-0.4, -0.2) is 33.7 Å². The first-order valence-corrected chi connectivity index (χ1v) is 10.9. The van der Waals surface area contributed by atoms with Gasteiger partial charge < -0.3 is 5.32 Å². The van der Waals surface area contributed by atoms with Gasteiger partial charge in [-0.2, -0.15) is 5.10 Å². The Morgan fingerprint density at radius 2 is 1.84 bits per heavy atom. The summed E-state index contributed by atoms with van der Waals surface area (Å²) in [6.45, 7) is 7.78. The predicted molar refractivity (Wildman–Crippen MR) is 121 cm³/mol. The summed E-state index contributed by atoms with van der Waals surface area (Å²) in [5.74, 6) is -0.199. The van der Waals surface area contributed by atoms with E-state index in [-0.39, 0.29) is 17.6 Å². The Kier molecular flexibility index (Phi) is 6.47. The number of halogens is 1. The van der Waals surface area contributed by atoms with Crippen molar-refractivity contribution < 1.29 is 9.18 Å². The van der Waals surface area contributed by atoms with Crippen LogP contribution in [0.2, 0.25) is 0 Å². The lowest BCUT2D eigenvalue weighted by Gasteiger charge is -2.31. The molecule has 3 aromatic rings. The Morgan fingerprint density at radius 1 is 1.13 bits per heavy atom. The molecule has 162 valence electrons. The SMILES string of the molecule is CCn1ncc(CN2CCC(C(=O)Nc3cccc(-c4cccc(F)c4)c3)CC2)c1C. The van der Waals surface area contributed by atoms with Gasteiger partial charge in [-0.25, -0.2) is 4.39 Å². The first kappa shape index (κ1) is 21.2. The number of likely N-dealkylation sites (tertiary alicyclic amines) is 1. The second-order valence-corrected chi connectivity index (χ2v) is 8.20. The summed E-state index contributed by atoms with van der Waals surface area (Å²) in [4.78, 5) is 15.2. The van der Waals surface area contributed by atoms with E-state index in [1.54, 1.807) is 6.07 Å². The zero-order chi connectivity index (χ0) is 21.8. The molecule has 1 aliphatic rings. The van der Waals surface area contributed by atoms with E-state index in [0.29, 0.717) is 0 Å². The standard InChI is InChI=1S/C25H29FN4O/c1-3-30-18(2)22(16-27-30)17-29-12-10-19(11-13-29)25(31)28-24-9-5-7-21(15-24)20-6-4-8-23(26)14-20/h4-9,14-16,19H,3,10-13,17H2,1-2H3,(H,28,31). The molecule has 0 atom stereocenters. The minimum atomic E-state index is -0.268. The van der Waals surface area contributed by atoms with Crippen molar-refractivity contribution in [2.24, 2.45) is 5.92 Å². The minimum Gasteiger partial charge on any atom is -0.326 e. The van der Waals surface area contributed by atoms with Crippen molar-refractivity contribution in [3.05, 3.63) is 71.8 Å². The van der Waals surface area contributed by atoms with Gasteiger partial charge in [0, 0.05) is 36.0 Å². The highest BCUT2D eigenvalue weighted by molar-refractivity contribution is 5.93. The molecule has 2 aromatic carbocycles. The number of aryl methyl sites for hydroxylation is 1. The number of carbonyl (C=O) groups excluding carboxylic acids is 1. The quantitative estimate of drug-likeness (QED) is 0.619.